The van der Waals surface area contributed by atoms with Gasteiger partial charge in [-0.25, -0.2) is 8.78 Å². The lowest BCUT2D eigenvalue weighted by molar-refractivity contribution is -0.140. The van der Waals surface area contributed by atoms with E-state index in [0.29, 0.717) is 12.0 Å². The maximum Gasteiger partial charge on any atom is 0.307 e. The van der Waals surface area contributed by atoms with Crippen LogP contribution in [0.25, 0.3) is 0 Å². The lowest BCUT2D eigenvalue weighted by Crippen LogP contribution is -2.13. The summed E-state index contributed by atoms with van der Waals surface area (Å²) >= 11 is 0. The van der Waals surface area contributed by atoms with Gasteiger partial charge in [0.1, 0.15) is 0 Å². The van der Waals surface area contributed by atoms with E-state index in [-0.39, 0.29) is 17.3 Å². The molecule has 4 heteroatoms. The molecular weight excluding hydrogens is 238 g/mol. The second-order valence-corrected chi connectivity index (χ2v) is 5.47. The van der Waals surface area contributed by atoms with E-state index >= 15 is 0 Å². The molecule has 3 unspecified atom stereocenters. The Hall–Kier alpha value is -1.45. The van der Waals surface area contributed by atoms with E-state index in [1.165, 1.54) is 6.07 Å². The Morgan fingerprint density at radius 1 is 1.39 bits per heavy atom. The van der Waals surface area contributed by atoms with Gasteiger partial charge in [0.05, 0.1) is 5.92 Å². The zero-order chi connectivity index (χ0) is 12.9. The molecule has 0 heterocycles. The van der Waals surface area contributed by atoms with Crippen LogP contribution in [0.4, 0.5) is 8.78 Å². The lowest BCUT2D eigenvalue weighted by atomic mass is 9.91. The Kier molecular flexibility index (Phi) is 2.44. The number of carboxylic acid groups (broad SMARTS) is 1. The molecule has 18 heavy (non-hydrogen) atoms. The summed E-state index contributed by atoms with van der Waals surface area (Å²) in [5.74, 6) is -2.53. The molecule has 1 N–H and O–H groups in total. The first-order valence-electron chi connectivity index (χ1n) is 6.21. The van der Waals surface area contributed by atoms with Crippen molar-refractivity contribution in [1.82, 2.24) is 0 Å². The minimum atomic E-state index is -0.857. The average Bonchev–Trinajstić information content (AvgIpc) is 2.74. The highest BCUT2D eigenvalue weighted by atomic mass is 19.2. The Morgan fingerprint density at radius 3 is 2.78 bits per heavy atom. The Bertz CT molecular complexity index is 515. The summed E-state index contributed by atoms with van der Waals surface area (Å²) in [6, 6.07) is 3.86. The molecule has 1 aromatic carbocycles. The van der Waals surface area contributed by atoms with Crippen LogP contribution in [0.3, 0.4) is 0 Å². The van der Waals surface area contributed by atoms with Gasteiger partial charge in [0.2, 0.25) is 0 Å². The van der Waals surface area contributed by atoms with Crippen molar-refractivity contribution in [2.45, 2.75) is 25.7 Å². The zero-order valence-electron chi connectivity index (χ0n) is 9.83. The minimum Gasteiger partial charge on any atom is -0.481 e. The number of carbonyl (C=O) groups is 1. The molecule has 0 radical (unpaired) electrons. The maximum atomic E-state index is 13.2. The number of hydrogen-bond donors (Lipinski definition) is 1. The van der Waals surface area contributed by atoms with E-state index in [1.807, 2.05) is 0 Å². The van der Waals surface area contributed by atoms with Gasteiger partial charge in [-0.15, -0.1) is 0 Å². The smallest absolute Gasteiger partial charge is 0.307 e. The van der Waals surface area contributed by atoms with E-state index in [2.05, 4.69) is 0 Å². The van der Waals surface area contributed by atoms with E-state index in [9.17, 15) is 13.6 Å². The molecule has 2 fully saturated rings. The average molecular weight is 252 g/mol. The van der Waals surface area contributed by atoms with Crippen molar-refractivity contribution in [1.29, 1.82) is 0 Å². The van der Waals surface area contributed by atoms with Crippen LogP contribution in [0.2, 0.25) is 0 Å². The summed E-state index contributed by atoms with van der Waals surface area (Å²) in [6.45, 7) is 0. The third-order valence-corrected chi connectivity index (χ3v) is 4.59. The monoisotopic (exact) mass is 252 g/mol. The van der Waals surface area contributed by atoms with Gasteiger partial charge in [-0.05, 0) is 48.3 Å². The Morgan fingerprint density at radius 2 is 2.17 bits per heavy atom. The molecule has 2 aliphatic carbocycles. The summed E-state index contributed by atoms with van der Waals surface area (Å²) in [4.78, 5) is 11.2. The SMILES string of the molecule is O=C(O)C1C2CCCC21Cc1ccc(F)c(F)c1. The van der Waals surface area contributed by atoms with Crippen LogP contribution in [0.1, 0.15) is 24.8 Å². The van der Waals surface area contributed by atoms with Crippen molar-refractivity contribution in [3.05, 3.63) is 35.4 Å². The van der Waals surface area contributed by atoms with Gasteiger partial charge in [0.15, 0.2) is 11.6 Å². The van der Waals surface area contributed by atoms with Crippen LogP contribution in [0.5, 0.6) is 0 Å². The molecule has 3 rings (SSSR count). The maximum absolute atomic E-state index is 13.2. The first-order valence-corrected chi connectivity index (χ1v) is 6.21. The largest absolute Gasteiger partial charge is 0.481 e. The fourth-order valence-electron chi connectivity index (χ4n) is 3.80. The third kappa shape index (κ3) is 1.55. The van der Waals surface area contributed by atoms with Gasteiger partial charge in [-0.2, -0.15) is 0 Å². The van der Waals surface area contributed by atoms with E-state index < -0.39 is 17.6 Å². The predicted molar refractivity (Wildman–Crippen MR) is 61.0 cm³/mol. The molecule has 0 amide bonds. The van der Waals surface area contributed by atoms with Crippen molar-refractivity contribution in [3.8, 4) is 0 Å². The predicted octanol–water partition coefficient (Wildman–Crippen LogP) is 3.01. The number of aliphatic carboxylic acids is 1. The van der Waals surface area contributed by atoms with Crippen molar-refractivity contribution in [2.24, 2.45) is 17.3 Å². The molecule has 3 atom stereocenters. The number of halogens is 2. The van der Waals surface area contributed by atoms with Crippen LogP contribution in [0, 0.1) is 28.9 Å². The van der Waals surface area contributed by atoms with Crippen molar-refractivity contribution in [3.63, 3.8) is 0 Å². The Labute approximate surface area is 104 Å². The fraction of sp³-hybridized carbons (Fsp3) is 0.500. The molecule has 0 aliphatic heterocycles. The summed E-state index contributed by atoms with van der Waals surface area (Å²) in [5, 5.41) is 9.17. The topological polar surface area (TPSA) is 37.3 Å². The molecule has 1 aromatic rings. The highest BCUT2D eigenvalue weighted by molar-refractivity contribution is 5.76. The van der Waals surface area contributed by atoms with Crippen LogP contribution in [0.15, 0.2) is 18.2 Å². The molecule has 0 saturated heterocycles. The minimum absolute atomic E-state index is 0.198. The molecular formula is C14H14F2O2. The fourth-order valence-corrected chi connectivity index (χ4v) is 3.80. The first-order chi connectivity index (χ1) is 8.54. The summed E-state index contributed by atoms with van der Waals surface area (Å²) in [5.41, 5.74) is 0.500. The van der Waals surface area contributed by atoms with Gasteiger partial charge in [-0.1, -0.05) is 12.5 Å². The molecule has 2 aliphatic rings. The quantitative estimate of drug-likeness (QED) is 0.897. The highest BCUT2D eigenvalue weighted by Crippen LogP contribution is 2.69. The van der Waals surface area contributed by atoms with E-state index in [1.54, 1.807) is 6.07 Å². The third-order valence-electron chi connectivity index (χ3n) is 4.59. The van der Waals surface area contributed by atoms with Gasteiger partial charge in [0, 0.05) is 0 Å². The van der Waals surface area contributed by atoms with Crippen LogP contribution in [-0.2, 0) is 11.2 Å². The standard InChI is InChI=1S/C14H14F2O2/c15-10-4-3-8(6-11(10)16)7-14-5-1-2-9(14)12(14)13(17)18/h3-4,6,9,12H,1-2,5,7H2,(H,17,18). The van der Waals surface area contributed by atoms with Crippen molar-refractivity contribution >= 4 is 5.97 Å². The van der Waals surface area contributed by atoms with Crippen molar-refractivity contribution in [2.75, 3.05) is 0 Å². The summed E-state index contributed by atoms with van der Waals surface area (Å²) in [6.07, 6.45) is 3.41. The number of fused-ring (bicyclic) bond motifs is 1. The number of carboxylic acids is 1. The van der Waals surface area contributed by atoms with E-state index in [0.717, 1.165) is 25.3 Å². The highest BCUT2D eigenvalue weighted by Gasteiger charge is 2.69. The van der Waals surface area contributed by atoms with Gasteiger partial charge in [0.25, 0.3) is 0 Å². The van der Waals surface area contributed by atoms with Gasteiger partial charge >= 0.3 is 5.97 Å². The Balaban J connectivity index is 1.84. The molecule has 0 spiro atoms. The van der Waals surface area contributed by atoms with Crippen LogP contribution >= 0.6 is 0 Å². The van der Waals surface area contributed by atoms with Gasteiger partial charge in [-0.3, -0.25) is 4.79 Å². The normalized spacial score (nSPS) is 33.2. The van der Waals surface area contributed by atoms with E-state index in [4.69, 9.17) is 5.11 Å². The lowest BCUT2D eigenvalue weighted by Gasteiger charge is -2.13. The number of hydrogen-bond acceptors (Lipinski definition) is 1. The molecule has 0 bridgehead atoms. The molecule has 96 valence electrons. The van der Waals surface area contributed by atoms with Crippen LogP contribution in [-0.4, -0.2) is 11.1 Å². The number of benzene rings is 1. The summed E-state index contributed by atoms with van der Waals surface area (Å²) < 4.78 is 26.0. The first kappa shape index (κ1) is 11.6. The summed E-state index contributed by atoms with van der Waals surface area (Å²) in [7, 11) is 0. The van der Waals surface area contributed by atoms with Crippen molar-refractivity contribution < 1.29 is 18.7 Å². The molecule has 2 nitrogen and oxygen atoms in total. The molecule has 2 saturated carbocycles. The second kappa shape index (κ2) is 3.77. The number of rotatable bonds is 3. The van der Waals surface area contributed by atoms with Gasteiger partial charge < -0.3 is 5.11 Å². The second-order valence-electron chi connectivity index (χ2n) is 5.47. The van der Waals surface area contributed by atoms with Crippen LogP contribution < -0.4 is 0 Å². The zero-order valence-corrected chi connectivity index (χ0v) is 9.83. The molecule has 0 aromatic heterocycles.